The molecule has 2 N–H and O–H groups in total. The van der Waals surface area contributed by atoms with Crippen molar-refractivity contribution in [1.29, 1.82) is 0 Å². The summed E-state index contributed by atoms with van der Waals surface area (Å²) in [7, 11) is 0. The molecule has 0 atom stereocenters. The van der Waals surface area contributed by atoms with Crippen molar-refractivity contribution in [2.75, 3.05) is 11.9 Å². The summed E-state index contributed by atoms with van der Waals surface area (Å²) < 4.78 is 27.8. The third kappa shape index (κ3) is 6.11. The minimum absolute atomic E-state index is 0.00912. The first kappa shape index (κ1) is 25.2. The lowest BCUT2D eigenvalue weighted by molar-refractivity contribution is 0.0956. The van der Waals surface area contributed by atoms with Gasteiger partial charge in [0, 0.05) is 29.0 Å². The Labute approximate surface area is 221 Å². The normalized spacial score (nSPS) is 10.5. The summed E-state index contributed by atoms with van der Waals surface area (Å²) in [6, 6.07) is 18.4. The zero-order valence-corrected chi connectivity index (χ0v) is 20.4. The number of hydrogen-bond donors (Lipinski definition) is 2. The van der Waals surface area contributed by atoms with E-state index in [9.17, 15) is 18.4 Å². The first-order chi connectivity index (χ1) is 19.0. The highest BCUT2D eigenvalue weighted by molar-refractivity contribution is 5.93. The number of amides is 1. The van der Waals surface area contributed by atoms with Crippen LogP contribution in [0.1, 0.15) is 21.5 Å². The molecule has 0 unspecified atom stereocenters. The number of anilines is 2. The monoisotopic (exact) mass is 522 g/mol. The van der Waals surface area contributed by atoms with E-state index in [1.807, 2.05) is 48.5 Å². The highest BCUT2D eigenvalue weighted by atomic mass is 19.2. The number of benzene rings is 3. The second-order valence-corrected chi connectivity index (χ2v) is 8.43. The maximum atomic E-state index is 13.5. The zero-order chi connectivity index (χ0) is 27.2. The SMILES string of the molecule is O=C(NCC#Cc1ccc2nc(Nc3ccccc3)ncc2c1)c1cncn(Cc2ccc(F)c(F)c2)c1=O. The average molecular weight is 523 g/mol. The first-order valence-corrected chi connectivity index (χ1v) is 11.8. The molecule has 0 saturated heterocycles. The van der Waals surface area contributed by atoms with Gasteiger partial charge in [0.25, 0.3) is 11.5 Å². The topological polar surface area (TPSA) is 102 Å². The Hall–Kier alpha value is -5.43. The molecule has 0 aliphatic heterocycles. The summed E-state index contributed by atoms with van der Waals surface area (Å²) >= 11 is 0. The minimum atomic E-state index is -1.02. The van der Waals surface area contributed by atoms with Crippen LogP contribution in [0.2, 0.25) is 0 Å². The van der Waals surface area contributed by atoms with Crippen molar-refractivity contribution in [1.82, 2.24) is 24.8 Å². The first-order valence-electron chi connectivity index (χ1n) is 11.8. The summed E-state index contributed by atoms with van der Waals surface area (Å²) in [5.74, 6) is 3.65. The Kier molecular flexibility index (Phi) is 7.32. The molecule has 0 spiro atoms. The molecule has 2 aromatic heterocycles. The maximum absolute atomic E-state index is 13.5. The number of carbonyl (C=O) groups excluding carboxylic acids is 1. The van der Waals surface area contributed by atoms with E-state index < -0.39 is 23.1 Å². The van der Waals surface area contributed by atoms with Gasteiger partial charge in [-0.15, -0.1) is 0 Å². The van der Waals surface area contributed by atoms with Crippen molar-refractivity contribution in [3.05, 3.63) is 124 Å². The van der Waals surface area contributed by atoms with Gasteiger partial charge < -0.3 is 10.6 Å². The van der Waals surface area contributed by atoms with E-state index in [-0.39, 0.29) is 18.7 Å². The van der Waals surface area contributed by atoms with Crippen LogP contribution in [0.4, 0.5) is 20.4 Å². The maximum Gasteiger partial charge on any atom is 0.266 e. The minimum Gasteiger partial charge on any atom is -0.341 e. The molecule has 2 heterocycles. The summed E-state index contributed by atoms with van der Waals surface area (Å²) in [6.45, 7) is -0.0791. The summed E-state index contributed by atoms with van der Waals surface area (Å²) in [6.07, 6.45) is 4.08. The smallest absolute Gasteiger partial charge is 0.266 e. The fourth-order valence-electron chi connectivity index (χ4n) is 3.74. The number of fused-ring (bicyclic) bond motifs is 1. The highest BCUT2D eigenvalue weighted by Crippen LogP contribution is 2.17. The predicted molar refractivity (Wildman–Crippen MR) is 142 cm³/mol. The number of para-hydroxylation sites is 1. The molecule has 0 radical (unpaired) electrons. The number of carbonyl (C=O) groups is 1. The van der Waals surface area contributed by atoms with Crippen molar-refractivity contribution in [2.45, 2.75) is 6.54 Å². The van der Waals surface area contributed by atoms with Gasteiger partial charge in [-0.2, -0.15) is 0 Å². The Bertz CT molecular complexity index is 1800. The largest absolute Gasteiger partial charge is 0.341 e. The van der Waals surface area contributed by atoms with E-state index in [1.54, 1.807) is 6.20 Å². The van der Waals surface area contributed by atoms with Crippen LogP contribution < -0.4 is 16.2 Å². The van der Waals surface area contributed by atoms with Crippen molar-refractivity contribution in [3.63, 3.8) is 0 Å². The predicted octanol–water partition coefficient (Wildman–Crippen LogP) is 4.04. The quantitative estimate of drug-likeness (QED) is 0.327. The Balaban J connectivity index is 1.22. The molecule has 192 valence electrons. The van der Waals surface area contributed by atoms with Crippen LogP contribution in [0.5, 0.6) is 0 Å². The molecule has 5 rings (SSSR count). The zero-order valence-electron chi connectivity index (χ0n) is 20.4. The van der Waals surface area contributed by atoms with E-state index in [1.165, 1.54) is 12.4 Å². The summed E-state index contributed by atoms with van der Waals surface area (Å²) in [5, 5.41) is 6.54. The molecule has 10 heteroatoms. The van der Waals surface area contributed by atoms with Gasteiger partial charge in [0.15, 0.2) is 11.6 Å². The van der Waals surface area contributed by atoms with Gasteiger partial charge in [0.2, 0.25) is 5.95 Å². The lowest BCUT2D eigenvalue weighted by Gasteiger charge is -2.08. The van der Waals surface area contributed by atoms with Gasteiger partial charge in [0.1, 0.15) is 5.56 Å². The molecule has 0 bridgehead atoms. The molecule has 0 aliphatic carbocycles. The number of aromatic nitrogens is 4. The number of rotatable bonds is 6. The number of nitrogens with zero attached hydrogens (tertiary/aromatic N) is 4. The molecule has 3 aromatic carbocycles. The Morgan fingerprint density at radius 3 is 2.64 bits per heavy atom. The molecule has 5 aromatic rings. The van der Waals surface area contributed by atoms with E-state index in [0.717, 1.165) is 39.5 Å². The van der Waals surface area contributed by atoms with Gasteiger partial charge in [0.05, 0.1) is 24.9 Å². The lowest BCUT2D eigenvalue weighted by Crippen LogP contribution is -2.33. The van der Waals surface area contributed by atoms with Crippen LogP contribution in [0, 0.1) is 23.5 Å². The summed E-state index contributed by atoms with van der Waals surface area (Å²) in [5.41, 5.74) is 1.89. The van der Waals surface area contributed by atoms with Crippen LogP contribution in [-0.2, 0) is 6.54 Å². The molecular formula is C29H20F2N6O2. The van der Waals surface area contributed by atoms with Crippen LogP contribution >= 0.6 is 0 Å². The number of nitrogens with one attached hydrogen (secondary N) is 2. The number of halogens is 2. The summed E-state index contributed by atoms with van der Waals surface area (Å²) in [4.78, 5) is 38.0. The van der Waals surface area contributed by atoms with E-state index in [4.69, 9.17) is 0 Å². The third-order valence-corrected chi connectivity index (χ3v) is 5.66. The molecule has 0 aliphatic rings. The van der Waals surface area contributed by atoms with E-state index in [0.29, 0.717) is 17.1 Å². The van der Waals surface area contributed by atoms with Gasteiger partial charge in [-0.3, -0.25) is 14.2 Å². The number of hydrogen-bond acceptors (Lipinski definition) is 6. The van der Waals surface area contributed by atoms with Crippen molar-refractivity contribution < 1.29 is 13.6 Å². The van der Waals surface area contributed by atoms with E-state index >= 15 is 0 Å². The second-order valence-electron chi connectivity index (χ2n) is 8.43. The molecule has 0 saturated carbocycles. The standard InChI is InChI=1S/C29H20F2N6O2/c30-24-10-8-20(14-25(24)31)17-37-18-32-16-23(28(37)39)27(38)33-12-4-5-19-9-11-26-21(13-19)15-34-29(36-26)35-22-6-2-1-3-7-22/h1-3,6-11,13-16,18H,12,17H2,(H,33,38)(H,34,35,36). The van der Waals surface area contributed by atoms with Gasteiger partial charge in [-0.1, -0.05) is 36.1 Å². The molecule has 1 amide bonds. The highest BCUT2D eigenvalue weighted by Gasteiger charge is 2.13. The van der Waals surface area contributed by atoms with Gasteiger partial charge in [-0.25, -0.2) is 23.7 Å². The van der Waals surface area contributed by atoms with Crippen LogP contribution in [0.15, 0.2) is 90.2 Å². The molecular weight excluding hydrogens is 502 g/mol. The van der Waals surface area contributed by atoms with Crippen molar-refractivity contribution >= 4 is 28.4 Å². The fourth-order valence-corrected chi connectivity index (χ4v) is 3.74. The Morgan fingerprint density at radius 1 is 0.974 bits per heavy atom. The molecule has 39 heavy (non-hydrogen) atoms. The van der Waals surface area contributed by atoms with Crippen LogP contribution in [-0.4, -0.2) is 32.0 Å². The molecule has 8 nitrogen and oxygen atoms in total. The third-order valence-electron chi connectivity index (χ3n) is 5.66. The van der Waals surface area contributed by atoms with Crippen LogP contribution in [0.25, 0.3) is 10.9 Å². The Morgan fingerprint density at radius 2 is 1.82 bits per heavy atom. The van der Waals surface area contributed by atoms with Gasteiger partial charge >= 0.3 is 0 Å². The van der Waals surface area contributed by atoms with E-state index in [2.05, 4.69) is 37.4 Å². The lowest BCUT2D eigenvalue weighted by atomic mass is 10.1. The molecule has 0 fully saturated rings. The van der Waals surface area contributed by atoms with Crippen molar-refractivity contribution in [3.8, 4) is 11.8 Å². The van der Waals surface area contributed by atoms with Crippen molar-refractivity contribution in [2.24, 2.45) is 0 Å². The average Bonchev–Trinajstić information content (AvgIpc) is 2.94. The second kappa shape index (κ2) is 11.3. The van der Waals surface area contributed by atoms with Gasteiger partial charge in [-0.05, 0) is 48.0 Å². The fraction of sp³-hybridized carbons (Fsp3) is 0.0690. The van der Waals surface area contributed by atoms with Crippen LogP contribution in [0.3, 0.4) is 0 Å².